The van der Waals surface area contributed by atoms with Gasteiger partial charge in [0.25, 0.3) is 0 Å². The lowest BCUT2D eigenvalue weighted by Crippen LogP contribution is -2.50. The van der Waals surface area contributed by atoms with Gasteiger partial charge in [0, 0.05) is 24.5 Å². The first kappa shape index (κ1) is 65.4. The lowest BCUT2D eigenvalue weighted by molar-refractivity contribution is -0.244. The molecule has 464 valence electrons. The number of Topliss-reactive ketones (excluding diaryl/α,β-unsaturated/α-hetero) is 1. The second kappa shape index (κ2) is 34.1. The molecule has 89 heavy (non-hydrogen) atoms. The lowest BCUT2D eigenvalue weighted by Gasteiger charge is -2.31. The van der Waals surface area contributed by atoms with Gasteiger partial charge in [-0.1, -0.05) is 140 Å². The average Bonchev–Trinajstić information content (AvgIpc) is 2.09. The summed E-state index contributed by atoms with van der Waals surface area (Å²) in [5, 5.41) is 3.59. The third-order valence-electron chi connectivity index (χ3n) is 14.2. The highest BCUT2D eigenvalue weighted by molar-refractivity contribution is 5.92. The van der Waals surface area contributed by atoms with E-state index in [0.29, 0.717) is 19.4 Å². The van der Waals surface area contributed by atoms with E-state index in [1.165, 1.54) is 79.7 Å². The van der Waals surface area contributed by atoms with Crippen LogP contribution in [0.3, 0.4) is 0 Å². The molecule has 0 aromatic heterocycles. The van der Waals surface area contributed by atoms with Crippen LogP contribution in [-0.4, -0.2) is 135 Å². The molecule has 0 saturated carbocycles. The predicted molar refractivity (Wildman–Crippen MR) is 316 cm³/mol. The number of azide groups is 1. The van der Waals surface area contributed by atoms with Gasteiger partial charge in [0.1, 0.15) is 37.3 Å². The number of benzene rings is 6. The Morgan fingerprint density at radius 1 is 0.438 bits per heavy atom. The van der Waals surface area contributed by atoms with Crippen LogP contribution in [0, 0.1) is 0 Å². The summed E-state index contributed by atoms with van der Waals surface area (Å²) in [5.74, 6) is -6.79. The first-order valence-corrected chi connectivity index (χ1v) is 29.1. The number of esters is 7. The number of carbonyl (C=O) groups excluding carboxylic acids is 8. The number of hydrogen-bond acceptors (Lipinski definition) is 20. The zero-order chi connectivity index (χ0) is 62.7. The summed E-state index contributed by atoms with van der Waals surface area (Å²) < 4.78 is 69.6. The van der Waals surface area contributed by atoms with E-state index in [2.05, 4.69) is 10.0 Å². The summed E-state index contributed by atoms with van der Waals surface area (Å²) in [4.78, 5) is 114. The molecule has 0 unspecified atom stereocenters. The summed E-state index contributed by atoms with van der Waals surface area (Å²) in [7, 11) is 0. The van der Waals surface area contributed by atoms with Crippen LogP contribution in [0.5, 0.6) is 0 Å². The Bertz CT molecular complexity index is 3320. The average molecular weight is 1220 g/mol. The third-order valence-corrected chi connectivity index (χ3v) is 14.2. The van der Waals surface area contributed by atoms with Crippen LogP contribution in [0.4, 0.5) is 0 Å². The number of ether oxygens (including phenoxy) is 11. The Balaban J connectivity index is 1.23. The Kier molecular flexibility index (Phi) is 25.1. The Labute approximate surface area is 513 Å². The molecule has 0 spiro atoms. The Morgan fingerprint density at radius 3 is 1.20 bits per heavy atom. The van der Waals surface area contributed by atoms with Crippen molar-refractivity contribution in [2.45, 2.75) is 120 Å². The summed E-state index contributed by atoms with van der Waals surface area (Å²) in [6.07, 6.45) is -13.7. The molecular weight excluding hydrogens is 1150 g/mol. The molecule has 2 heterocycles. The molecular formula is C67H67N3O19. The van der Waals surface area contributed by atoms with Gasteiger partial charge < -0.3 is 56.9 Å². The molecule has 0 amide bonds. The normalized spacial score (nSPS) is 19.9. The summed E-state index contributed by atoms with van der Waals surface area (Å²) in [6.45, 7) is 0.140. The van der Waals surface area contributed by atoms with Crippen LogP contribution < -0.4 is 0 Å². The second-order valence-electron chi connectivity index (χ2n) is 20.7. The second-order valence-corrected chi connectivity index (χ2v) is 20.7. The molecule has 6 aromatic carbocycles. The monoisotopic (exact) mass is 1220 g/mol. The molecule has 2 fully saturated rings. The largest absolute Gasteiger partial charge is 0.459 e. The van der Waals surface area contributed by atoms with Crippen LogP contribution >= 0.6 is 0 Å². The van der Waals surface area contributed by atoms with Gasteiger partial charge in [0.05, 0.1) is 39.8 Å². The fraction of sp³-hybridized carbons (Fsp3) is 0.343. The first-order valence-electron chi connectivity index (χ1n) is 29.1. The minimum absolute atomic E-state index is 0.0144. The van der Waals surface area contributed by atoms with Crippen LogP contribution in [0.1, 0.15) is 120 Å². The minimum Gasteiger partial charge on any atom is -0.459 e. The number of nitrogens with zero attached hydrogens (tertiary/aromatic N) is 3. The highest BCUT2D eigenvalue weighted by Gasteiger charge is 2.59. The van der Waals surface area contributed by atoms with Gasteiger partial charge in [-0.25, -0.2) is 28.8 Å². The van der Waals surface area contributed by atoms with Crippen molar-refractivity contribution in [3.8, 4) is 0 Å². The molecule has 10 atom stereocenters. The third kappa shape index (κ3) is 19.5. The molecule has 0 aliphatic carbocycles. The van der Waals surface area contributed by atoms with Gasteiger partial charge >= 0.3 is 41.8 Å². The quantitative estimate of drug-likeness (QED) is 0.00947. The molecule has 2 aliphatic heterocycles. The predicted octanol–water partition coefficient (Wildman–Crippen LogP) is 10.4. The van der Waals surface area contributed by atoms with Crippen molar-refractivity contribution in [1.29, 1.82) is 0 Å². The van der Waals surface area contributed by atoms with E-state index in [4.69, 9.17) is 57.6 Å². The van der Waals surface area contributed by atoms with E-state index in [-0.39, 0.29) is 52.2 Å². The summed E-state index contributed by atoms with van der Waals surface area (Å²) >= 11 is 0. The van der Waals surface area contributed by atoms with Crippen molar-refractivity contribution in [2.75, 3.05) is 26.4 Å². The maximum absolute atomic E-state index is 14.5. The van der Waals surface area contributed by atoms with Crippen LogP contribution in [0.2, 0.25) is 0 Å². The van der Waals surface area contributed by atoms with Crippen molar-refractivity contribution in [3.05, 3.63) is 226 Å². The fourth-order valence-electron chi connectivity index (χ4n) is 9.67. The molecule has 0 bridgehead atoms. The van der Waals surface area contributed by atoms with Gasteiger partial charge in [0.15, 0.2) is 43.1 Å². The molecule has 6 aromatic rings. The Morgan fingerprint density at radius 2 is 0.787 bits per heavy atom. The van der Waals surface area contributed by atoms with Crippen molar-refractivity contribution in [3.63, 3.8) is 0 Å². The van der Waals surface area contributed by atoms with Crippen LogP contribution in [0.15, 0.2) is 187 Å². The minimum atomic E-state index is -1.98. The van der Waals surface area contributed by atoms with Gasteiger partial charge in [0.2, 0.25) is 0 Å². The lowest BCUT2D eigenvalue weighted by atomic mass is 10.0. The molecule has 8 rings (SSSR count). The maximum atomic E-state index is 14.5. The van der Waals surface area contributed by atoms with Crippen molar-refractivity contribution in [1.82, 2.24) is 0 Å². The zero-order valence-corrected chi connectivity index (χ0v) is 48.7. The Hall–Kier alpha value is -9.57. The number of rotatable bonds is 32. The van der Waals surface area contributed by atoms with Crippen molar-refractivity contribution < 1.29 is 90.5 Å². The zero-order valence-electron chi connectivity index (χ0n) is 48.7. The summed E-state index contributed by atoms with van der Waals surface area (Å²) in [6, 6.07) is 47.1. The van der Waals surface area contributed by atoms with Crippen LogP contribution in [0.25, 0.3) is 10.4 Å². The van der Waals surface area contributed by atoms with Gasteiger partial charge in [-0.3, -0.25) is 4.79 Å². The molecule has 22 heteroatoms. The van der Waals surface area contributed by atoms with E-state index in [1.807, 2.05) is 0 Å². The van der Waals surface area contributed by atoms with E-state index in [1.54, 1.807) is 109 Å². The number of carbonyl (C=O) groups is 8. The van der Waals surface area contributed by atoms with E-state index < -0.39 is 123 Å². The van der Waals surface area contributed by atoms with Crippen molar-refractivity contribution >= 4 is 47.6 Å². The van der Waals surface area contributed by atoms with Crippen molar-refractivity contribution in [2.24, 2.45) is 5.11 Å². The first-order chi connectivity index (χ1) is 43.4. The highest BCUT2D eigenvalue weighted by Crippen LogP contribution is 2.38. The molecule has 0 radical (unpaired) electrons. The van der Waals surface area contributed by atoms with Gasteiger partial charge in [-0.15, -0.1) is 0 Å². The smallest absolute Gasteiger partial charge is 0.338 e. The number of unbranched alkanes of at least 4 members (excludes halogenated alkanes) is 5. The van der Waals surface area contributed by atoms with Gasteiger partial charge in [-0.05, 0) is 98.1 Å². The van der Waals surface area contributed by atoms with Crippen LogP contribution in [-0.2, 0) is 61.7 Å². The van der Waals surface area contributed by atoms with E-state index in [0.717, 1.165) is 25.7 Å². The topological polar surface area (TPSA) is 287 Å². The fourth-order valence-corrected chi connectivity index (χ4v) is 9.67. The SMILES string of the molecule is CC(=O)CCC(=O)O[C@H](COC(=O)c1ccccc1)[C@@H]1O[C@@H](O[C@H](COC(=O)c2ccccc2)[C@@H]2O[C@@H](OCCCCCCCCN=[N+]=[N-])[C@H](OC(=O)c3ccccc3)[C@H]2OC(=O)c2ccccc2)[C@H](OC(=O)c2ccccc2)[C@H]1OC(=O)c1ccccc1. The number of ketones is 1. The molecule has 22 nitrogen and oxygen atoms in total. The van der Waals surface area contributed by atoms with E-state index in [9.17, 15) is 38.4 Å². The standard InChI is InChI=1S/C67H67N3O19/c1-44(71)38-39-53(72)82-51(42-80-60(73)45-26-12-6-13-27-45)54-57(85-63(76)48-32-18-9-19-33-48)59(87-65(78)50-36-22-11-23-37-50)67(89-54)83-52(43-81-61(74)46-28-14-7-15-29-46)55-56(84-62(75)47-30-16-8-17-31-47)58(86-64(77)49-34-20-10-21-35-49)66(88-55)79-41-25-5-3-2-4-24-40-69-70-68/h6-23,26-37,51-52,54-59,66-67H,2-5,24-25,38-43H2,1H3/t51-,52-,54+,55+,56+,57+,58-,59-,66-,67-/m1/s1. The van der Waals surface area contributed by atoms with E-state index >= 15 is 0 Å². The maximum Gasteiger partial charge on any atom is 0.338 e. The molecule has 2 aliphatic rings. The molecule has 2 saturated heterocycles. The molecule has 0 N–H and O–H groups in total. The summed E-state index contributed by atoms with van der Waals surface area (Å²) in [5.41, 5.74) is 9.10. The van der Waals surface area contributed by atoms with Gasteiger partial charge in [-0.2, -0.15) is 0 Å². The highest BCUT2D eigenvalue weighted by atomic mass is 16.8. The number of hydrogen-bond donors (Lipinski definition) is 0.